The molecule has 0 aliphatic heterocycles. The van der Waals surface area contributed by atoms with Crippen LogP contribution in [0, 0.1) is 23.7 Å². The number of carbonyl (C=O) groups is 4. The van der Waals surface area contributed by atoms with Crippen LogP contribution in [0.5, 0.6) is 0 Å². The van der Waals surface area contributed by atoms with Gasteiger partial charge in [0.1, 0.15) is 19.3 Å². The summed E-state index contributed by atoms with van der Waals surface area (Å²) in [7, 11) is -9.93. The molecule has 3 N–H and O–H groups in total. The minimum Gasteiger partial charge on any atom is -0.462 e. The Labute approximate surface area is 632 Å². The molecule has 0 aromatic carbocycles. The van der Waals surface area contributed by atoms with Crippen LogP contribution in [0.4, 0.5) is 0 Å². The van der Waals surface area contributed by atoms with Crippen LogP contribution in [0.2, 0.25) is 0 Å². The molecule has 0 aliphatic carbocycles. The second kappa shape index (κ2) is 72.9. The predicted octanol–water partition coefficient (Wildman–Crippen LogP) is 25.2. The molecule has 0 aromatic rings. The monoisotopic (exact) mass is 1510 g/mol. The van der Waals surface area contributed by atoms with Crippen LogP contribution in [0.25, 0.3) is 0 Å². The lowest BCUT2D eigenvalue weighted by molar-refractivity contribution is -0.161. The van der Waals surface area contributed by atoms with Crippen LogP contribution in [0.3, 0.4) is 0 Å². The third-order valence-electron chi connectivity index (χ3n) is 19.9. The quantitative estimate of drug-likeness (QED) is 0.0222. The summed E-state index contributed by atoms with van der Waals surface area (Å²) in [6.45, 7) is 14.3. The largest absolute Gasteiger partial charge is 0.472 e. The van der Waals surface area contributed by atoms with Gasteiger partial charge in [0.25, 0.3) is 0 Å². The number of unbranched alkanes of at least 4 members (excludes halogenated alkanes) is 46. The van der Waals surface area contributed by atoms with Crippen molar-refractivity contribution in [2.24, 2.45) is 23.7 Å². The van der Waals surface area contributed by atoms with E-state index in [1.165, 1.54) is 231 Å². The van der Waals surface area contributed by atoms with E-state index in [0.717, 1.165) is 114 Å². The van der Waals surface area contributed by atoms with Gasteiger partial charge >= 0.3 is 39.5 Å². The van der Waals surface area contributed by atoms with Gasteiger partial charge in [-0.1, -0.05) is 383 Å². The van der Waals surface area contributed by atoms with Gasteiger partial charge in [-0.05, 0) is 49.4 Å². The zero-order valence-electron chi connectivity index (χ0n) is 68.0. The summed E-state index contributed by atoms with van der Waals surface area (Å²) in [5, 5.41) is 10.7. The predicted molar refractivity (Wildman–Crippen MR) is 423 cm³/mol. The number of hydrogen-bond acceptors (Lipinski definition) is 15. The molecule has 0 saturated carbocycles. The number of carbonyl (C=O) groups excluding carboxylic acids is 4. The third kappa shape index (κ3) is 76.6. The standard InChI is InChI=1S/C84H164O17P2/c1-9-77(8)63-55-47-39-31-24-20-16-12-10-11-13-17-21-25-33-41-50-58-67-84(89)101-80(71-95-82(87)65-57-49-43-35-38-46-54-62-76(6)7)73-99-103(92,93)97-69-78(85)68-96-102(90,91)98-72-79(70-94-81(86)64-56-48-40-32-28-27-30-37-45-53-61-75(4)5)100-83(88)66-59-51-42-34-26-22-18-14-15-19-23-29-36-44-52-60-74(2)3/h74-80,85H,9-73H2,1-8H3,(H,90,91)(H,92,93)/t77?,78?,79-,80-/m1/s1. The van der Waals surface area contributed by atoms with Gasteiger partial charge in [-0.15, -0.1) is 0 Å². The number of phosphoric ester groups is 2. The van der Waals surface area contributed by atoms with E-state index >= 15 is 0 Å². The number of phosphoric acid groups is 2. The molecule has 0 radical (unpaired) electrons. The Kier molecular flexibility index (Phi) is 71.5. The smallest absolute Gasteiger partial charge is 0.462 e. The van der Waals surface area contributed by atoms with Crippen LogP contribution >= 0.6 is 15.6 Å². The summed E-state index contributed by atoms with van der Waals surface area (Å²) in [6.07, 6.45) is 61.2. The van der Waals surface area contributed by atoms with E-state index in [-0.39, 0.29) is 25.7 Å². The van der Waals surface area contributed by atoms with E-state index in [1.807, 2.05) is 0 Å². The van der Waals surface area contributed by atoms with E-state index in [4.69, 9.17) is 37.0 Å². The van der Waals surface area contributed by atoms with Gasteiger partial charge in [-0.25, -0.2) is 9.13 Å². The Morgan fingerprint density at radius 2 is 0.466 bits per heavy atom. The summed E-state index contributed by atoms with van der Waals surface area (Å²) < 4.78 is 68.8. The maximum absolute atomic E-state index is 13.1. The van der Waals surface area contributed by atoms with Gasteiger partial charge in [-0.3, -0.25) is 37.3 Å². The average molecular weight is 1510 g/mol. The number of hydrogen-bond donors (Lipinski definition) is 3. The molecule has 0 amide bonds. The topological polar surface area (TPSA) is 237 Å². The second-order valence-corrected chi connectivity index (χ2v) is 34.8. The molecule has 0 bridgehead atoms. The highest BCUT2D eigenvalue weighted by Gasteiger charge is 2.30. The Morgan fingerprint density at radius 3 is 0.689 bits per heavy atom. The molecule has 0 spiro atoms. The van der Waals surface area contributed by atoms with E-state index < -0.39 is 97.5 Å². The van der Waals surface area contributed by atoms with Crippen molar-refractivity contribution < 1.29 is 80.2 Å². The van der Waals surface area contributed by atoms with Crippen molar-refractivity contribution in [1.29, 1.82) is 0 Å². The highest BCUT2D eigenvalue weighted by molar-refractivity contribution is 7.47. The van der Waals surface area contributed by atoms with Crippen LogP contribution in [-0.4, -0.2) is 96.7 Å². The third-order valence-corrected chi connectivity index (χ3v) is 21.8. The van der Waals surface area contributed by atoms with Gasteiger partial charge < -0.3 is 33.8 Å². The van der Waals surface area contributed by atoms with Crippen molar-refractivity contribution in [3.63, 3.8) is 0 Å². The molecule has 4 unspecified atom stereocenters. The molecule has 19 heteroatoms. The maximum Gasteiger partial charge on any atom is 0.472 e. The molecule has 0 rings (SSSR count). The van der Waals surface area contributed by atoms with Gasteiger partial charge in [0.2, 0.25) is 0 Å². The summed E-state index contributed by atoms with van der Waals surface area (Å²) in [5.41, 5.74) is 0. The normalized spacial score (nSPS) is 14.2. The first kappa shape index (κ1) is 101. The van der Waals surface area contributed by atoms with Crippen molar-refractivity contribution in [2.45, 2.75) is 453 Å². The van der Waals surface area contributed by atoms with Crippen LogP contribution in [0.1, 0.15) is 434 Å². The van der Waals surface area contributed by atoms with Gasteiger partial charge in [-0.2, -0.15) is 0 Å². The number of rotatable bonds is 81. The van der Waals surface area contributed by atoms with Crippen molar-refractivity contribution in [1.82, 2.24) is 0 Å². The van der Waals surface area contributed by atoms with Crippen molar-refractivity contribution in [2.75, 3.05) is 39.6 Å². The Morgan fingerprint density at radius 1 is 0.272 bits per heavy atom. The average Bonchev–Trinajstić information content (AvgIpc) is 0.927. The highest BCUT2D eigenvalue weighted by Crippen LogP contribution is 2.45. The summed E-state index contributed by atoms with van der Waals surface area (Å²) in [5.74, 6) is 1.03. The molecule has 0 aromatic heterocycles. The zero-order valence-corrected chi connectivity index (χ0v) is 69.7. The second-order valence-electron chi connectivity index (χ2n) is 31.9. The fraction of sp³-hybridized carbons (Fsp3) is 0.952. The lowest BCUT2D eigenvalue weighted by Crippen LogP contribution is -2.30. The van der Waals surface area contributed by atoms with Crippen molar-refractivity contribution in [3.05, 3.63) is 0 Å². The first-order valence-electron chi connectivity index (χ1n) is 43.2. The zero-order chi connectivity index (χ0) is 76.0. The van der Waals surface area contributed by atoms with Crippen LogP contribution in [-0.2, 0) is 65.4 Å². The first-order chi connectivity index (χ1) is 49.6. The van der Waals surface area contributed by atoms with E-state index in [2.05, 4.69) is 55.4 Å². The molecule has 612 valence electrons. The van der Waals surface area contributed by atoms with Crippen LogP contribution in [0.15, 0.2) is 0 Å². The Hall–Kier alpha value is -1.94. The van der Waals surface area contributed by atoms with Crippen LogP contribution < -0.4 is 0 Å². The molecule has 0 saturated heterocycles. The highest BCUT2D eigenvalue weighted by atomic mass is 31.2. The lowest BCUT2D eigenvalue weighted by atomic mass is 9.99. The summed E-state index contributed by atoms with van der Waals surface area (Å²) >= 11 is 0. The SMILES string of the molecule is CCC(C)CCCCCCCCCCCCCCCCCCCCC(=O)O[C@H](COC(=O)CCCCCCCCCC(C)C)COP(=O)(O)OCC(O)COP(=O)(O)OC[C@@H](COC(=O)CCCCCCCCCCCCC(C)C)OC(=O)CCCCCCCCCCCCCCCCCC(C)C. The number of esters is 4. The lowest BCUT2D eigenvalue weighted by Gasteiger charge is -2.21. The fourth-order valence-electron chi connectivity index (χ4n) is 12.9. The number of aliphatic hydroxyl groups excluding tert-OH is 1. The molecule has 17 nitrogen and oxygen atoms in total. The Bertz CT molecular complexity index is 2010. The van der Waals surface area contributed by atoms with E-state index in [0.29, 0.717) is 31.6 Å². The Balaban J connectivity index is 5.19. The van der Waals surface area contributed by atoms with Crippen molar-refractivity contribution >= 4 is 39.5 Å². The first-order valence-corrected chi connectivity index (χ1v) is 46.2. The van der Waals surface area contributed by atoms with E-state index in [9.17, 15) is 43.2 Å². The molecule has 0 heterocycles. The molecule has 6 atom stereocenters. The van der Waals surface area contributed by atoms with Gasteiger partial charge in [0, 0.05) is 25.7 Å². The van der Waals surface area contributed by atoms with Gasteiger partial charge in [0.05, 0.1) is 26.4 Å². The van der Waals surface area contributed by atoms with Crippen molar-refractivity contribution in [3.8, 4) is 0 Å². The van der Waals surface area contributed by atoms with E-state index in [1.54, 1.807) is 0 Å². The summed E-state index contributed by atoms with van der Waals surface area (Å²) in [6, 6.07) is 0. The molecular weight excluding hydrogens is 1340 g/mol. The maximum atomic E-state index is 13.1. The molecule has 0 aliphatic rings. The molecule has 0 fully saturated rings. The minimum absolute atomic E-state index is 0.107. The number of ether oxygens (including phenoxy) is 4. The minimum atomic E-state index is -4.96. The number of aliphatic hydroxyl groups is 1. The summed E-state index contributed by atoms with van der Waals surface area (Å²) in [4.78, 5) is 73.1. The molecular formula is C84H164O17P2. The molecule has 103 heavy (non-hydrogen) atoms. The van der Waals surface area contributed by atoms with Gasteiger partial charge in [0.15, 0.2) is 12.2 Å². The fourth-order valence-corrected chi connectivity index (χ4v) is 14.5.